The van der Waals surface area contributed by atoms with Gasteiger partial charge in [0, 0.05) is 29.6 Å². The van der Waals surface area contributed by atoms with Crippen LogP contribution in [0.1, 0.15) is 16.7 Å². The van der Waals surface area contributed by atoms with E-state index in [2.05, 4.69) is 60.6 Å². The van der Waals surface area contributed by atoms with Crippen LogP contribution in [0.3, 0.4) is 0 Å². The molecule has 1 N–H and O–H groups in total. The molecular formula is C18H18N2. The number of aryl methyl sites for hydroxylation is 2. The highest BCUT2D eigenvalue weighted by Gasteiger charge is 2.11. The lowest BCUT2D eigenvalue weighted by atomic mass is 9.95. The summed E-state index contributed by atoms with van der Waals surface area (Å²) in [4.78, 5) is 4.47. The Morgan fingerprint density at radius 2 is 1.90 bits per heavy atom. The molecule has 100 valence electrons. The van der Waals surface area contributed by atoms with Gasteiger partial charge in [0.25, 0.3) is 0 Å². The molecule has 2 heterocycles. The maximum Gasteiger partial charge on any atom is 0.0704 e. The van der Waals surface area contributed by atoms with Gasteiger partial charge in [-0.3, -0.25) is 4.98 Å². The number of nitrogens with zero attached hydrogens (tertiary/aromatic N) is 1. The molecule has 0 bridgehead atoms. The summed E-state index contributed by atoms with van der Waals surface area (Å²) in [7, 11) is 0. The predicted molar refractivity (Wildman–Crippen MR) is 84.3 cm³/mol. The smallest absolute Gasteiger partial charge is 0.0704 e. The monoisotopic (exact) mass is 262 g/mol. The van der Waals surface area contributed by atoms with Crippen molar-refractivity contribution < 1.29 is 0 Å². The molecule has 1 aliphatic heterocycles. The summed E-state index contributed by atoms with van der Waals surface area (Å²) >= 11 is 0. The largest absolute Gasteiger partial charge is 0.381 e. The van der Waals surface area contributed by atoms with Crippen molar-refractivity contribution in [1.82, 2.24) is 10.3 Å². The number of hydrogen-bond donors (Lipinski definition) is 1. The minimum absolute atomic E-state index is 0.887. The molecule has 1 aromatic carbocycles. The zero-order valence-corrected chi connectivity index (χ0v) is 11.9. The lowest BCUT2D eigenvalue weighted by Gasteiger charge is -2.17. The van der Waals surface area contributed by atoms with E-state index in [0.717, 1.165) is 12.2 Å². The number of nitrogens with one attached hydrogen (secondary N) is 1. The SMILES string of the molecule is Cc1cc(C)c(-c2ccccn2)cc1C1=CC=CCN1. The first-order valence-electron chi connectivity index (χ1n) is 6.89. The Hall–Kier alpha value is -2.35. The van der Waals surface area contributed by atoms with Gasteiger partial charge in [-0.2, -0.15) is 0 Å². The average Bonchev–Trinajstić information content (AvgIpc) is 2.49. The summed E-state index contributed by atoms with van der Waals surface area (Å²) in [5.41, 5.74) is 7.21. The lowest BCUT2D eigenvalue weighted by Crippen LogP contribution is -2.15. The Morgan fingerprint density at radius 3 is 2.60 bits per heavy atom. The van der Waals surface area contributed by atoms with E-state index in [1.54, 1.807) is 0 Å². The second kappa shape index (κ2) is 5.33. The van der Waals surface area contributed by atoms with Gasteiger partial charge in [-0.15, -0.1) is 0 Å². The average molecular weight is 262 g/mol. The summed E-state index contributed by atoms with van der Waals surface area (Å²) in [6, 6.07) is 10.5. The number of allylic oxidation sites excluding steroid dienone is 2. The summed E-state index contributed by atoms with van der Waals surface area (Å²) in [6.07, 6.45) is 8.19. The van der Waals surface area contributed by atoms with Gasteiger partial charge in [-0.05, 0) is 49.2 Å². The normalized spacial score (nSPS) is 13.8. The van der Waals surface area contributed by atoms with E-state index in [9.17, 15) is 0 Å². The van der Waals surface area contributed by atoms with E-state index in [1.807, 2.05) is 18.3 Å². The van der Waals surface area contributed by atoms with Gasteiger partial charge < -0.3 is 5.32 Å². The van der Waals surface area contributed by atoms with Crippen molar-refractivity contribution in [3.63, 3.8) is 0 Å². The zero-order chi connectivity index (χ0) is 13.9. The van der Waals surface area contributed by atoms with Gasteiger partial charge in [0.2, 0.25) is 0 Å². The Labute approximate surface area is 119 Å². The van der Waals surface area contributed by atoms with Crippen LogP contribution in [-0.4, -0.2) is 11.5 Å². The minimum atomic E-state index is 0.887. The van der Waals surface area contributed by atoms with E-state index in [4.69, 9.17) is 0 Å². The van der Waals surface area contributed by atoms with Crippen LogP contribution < -0.4 is 5.32 Å². The maximum absolute atomic E-state index is 4.47. The third-order valence-electron chi connectivity index (χ3n) is 3.61. The Bertz CT molecular complexity index is 682. The van der Waals surface area contributed by atoms with Crippen LogP contribution in [0.5, 0.6) is 0 Å². The fraction of sp³-hybridized carbons (Fsp3) is 0.167. The number of aromatic nitrogens is 1. The van der Waals surface area contributed by atoms with E-state index in [1.165, 1.54) is 28.0 Å². The second-order valence-electron chi connectivity index (χ2n) is 5.09. The first-order valence-corrected chi connectivity index (χ1v) is 6.89. The van der Waals surface area contributed by atoms with Gasteiger partial charge in [0.15, 0.2) is 0 Å². The zero-order valence-electron chi connectivity index (χ0n) is 11.9. The van der Waals surface area contributed by atoms with Crippen LogP contribution in [0.4, 0.5) is 0 Å². The van der Waals surface area contributed by atoms with Crippen molar-refractivity contribution in [3.8, 4) is 11.3 Å². The Morgan fingerprint density at radius 1 is 1.05 bits per heavy atom. The fourth-order valence-corrected chi connectivity index (χ4v) is 2.59. The molecule has 20 heavy (non-hydrogen) atoms. The molecule has 3 rings (SSSR count). The van der Waals surface area contributed by atoms with Crippen molar-refractivity contribution in [1.29, 1.82) is 0 Å². The second-order valence-corrected chi connectivity index (χ2v) is 5.09. The highest BCUT2D eigenvalue weighted by molar-refractivity contribution is 5.75. The molecular weight excluding hydrogens is 244 g/mol. The molecule has 0 radical (unpaired) electrons. The number of hydrogen-bond acceptors (Lipinski definition) is 2. The Kier molecular flexibility index (Phi) is 3.38. The third kappa shape index (κ3) is 2.37. The topological polar surface area (TPSA) is 24.9 Å². The molecule has 0 atom stereocenters. The summed E-state index contributed by atoms with van der Waals surface area (Å²) in [5.74, 6) is 0. The molecule has 0 spiro atoms. The van der Waals surface area contributed by atoms with Gasteiger partial charge in [-0.1, -0.05) is 24.3 Å². The molecule has 0 saturated carbocycles. The molecule has 2 aromatic rings. The molecule has 2 heteroatoms. The molecule has 0 unspecified atom stereocenters. The Balaban J connectivity index is 2.13. The fourth-order valence-electron chi connectivity index (χ4n) is 2.59. The van der Waals surface area contributed by atoms with Crippen LogP contribution in [-0.2, 0) is 0 Å². The molecule has 1 aliphatic rings. The van der Waals surface area contributed by atoms with Crippen molar-refractivity contribution >= 4 is 5.70 Å². The number of dihydropyridines is 1. The van der Waals surface area contributed by atoms with E-state index in [-0.39, 0.29) is 0 Å². The van der Waals surface area contributed by atoms with Crippen LogP contribution in [0.25, 0.3) is 17.0 Å². The standard InChI is InChI=1S/C18H18N2/c1-13-11-14(2)16(18-8-4-6-10-20-18)12-15(13)17-7-3-5-9-19-17/h3-9,11-12,20H,10H2,1-2H3. The molecule has 0 fully saturated rings. The lowest BCUT2D eigenvalue weighted by molar-refractivity contribution is 0.992. The summed E-state index contributed by atoms with van der Waals surface area (Å²) in [6.45, 7) is 5.19. The van der Waals surface area contributed by atoms with Gasteiger partial charge in [-0.25, -0.2) is 0 Å². The first kappa shape index (κ1) is 12.7. The van der Waals surface area contributed by atoms with Gasteiger partial charge in [0.05, 0.1) is 5.69 Å². The minimum Gasteiger partial charge on any atom is -0.381 e. The summed E-state index contributed by atoms with van der Waals surface area (Å²) in [5, 5.41) is 3.43. The van der Waals surface area contributed by atoms with Crippen LogP contribution in [0.2, 0.25) is 0 Å². The highest BCUT2D eigenvalue weighted by Crippen LogP contribution is 2.28. The van der Waals surface area contributed by atoms with Gasteiger partial charge >= 0.3 is 0 Å². The van der Waals surface area contributed by atoms with Crippen molar-refractivity contribution in [2.45, 2.75) is 13.8 Å². The van der Waals surface area contributed by atoms with Crippen LogP contribution in [0.15, 0.2) is 54.8 Å². The third-order valence-corrected chi connectivity index (χ3v) is 3.61. The van der Waals surface area contributed by atoms with E-state index < -0.39 is 0 Å². The molecule has 2 nitrogen and oxygen atoms in total. The number of rotatable bonds is 2. The van der Waals surface area contributed by atoms with Crippen molar-refractivity contribution in [2.75, 3.05) is 6.54 Å². The van der Waals surface area contributed by atoms with Crippen molar-refractivity contribution in [2.24, 2.45) is 0 Å². The van der Waals surface area contributed by atoms with Gasteiger partial charge in [0.1, 0.15) is 0 Å². The first-order chi connectivity index (χ1) is 9.75. The predicted octanol–water partition coefficient (Wildman–Crippen LogP) is 3.87. The van der Waals surface area contributed by atoms with Crippen LogP contribution in [0, 0.1) is 13.8 Å². The molecule has 0 amide bonds. The number of pyridine rings is 1. The summed E-state index contributed by atoms with van der Waals surface area (Å²) < 4.78 is 0. The molecule has 0 saturated heterocycles. The highest BCUT2D eigenvalue weighted by atomic mass is 14.9. The van der Waals surface area contributed by atoms with E-state index in [0.29, 0.717) is 0 Å². The molecule has 1 aromatic heterocycles. The van der Waals surface area contributed by atoms with Crippen molar-refractivity contribution in [3.05, 3.63) is 71.4 Å². The van der Waals surface area contributed by atoms with Crippen LogP contribution >= 0.6 is 0 Å². The maximum atomic E-state index is 4.47. The molecule has 0 aliphatic carbocycles. The quantitative estimate of drug-likeness (QED) is 0.888. The number of benzene rings is 1. The van der Waals surface area contributed by atoms with E-state index >= 15 is 0 Å².